The number of phenolic OH excluding ortho intramolecular Hbond substituents is 2. The Kier molecular flexibility index (Phi) is 3.76. The third-order valence-corrected chi connectivity index (χ3v) is 3.02. The van der Waals surface area contributed by atoms with Crippen molar-refractivity contribution in [1.29, 1.82) is 0 Å². The molecule has 0 aliphatic heterocycles. The Hall–Kier alpha value is -1.29. The Bertz CT molecular complexity index is 576. The van der Waals surface area contributed by atoms with Crippen LogP contribution in [0, 0.1) is 0 Å². The van der Waals surface area contributed by atoms with E-state index < -0.39 is 0 Å². The molecule has 0 radical (unpaired) electrons. The van der Waals surface area contributed by atoms with Crippen molar-refractivity contribution in [1.82, 2.24) is 0 Å². The maximum Gasteiger partial charge on any atom is 0.153 e. The van der Waals surface area contributed by atoms with E-state index >= 15 is 0 Å². The largest absolute Gasteiger partial charge is 0.508 e. The molecule has 0 heterocycles. The van der Waals surface area contributed by atoms with Crippen LogP contribution in [0.2, 0.25) is 15.1 Å². The lowest BCUT2D eigenvalue weighted by molar-refractivity contribution is 0.451. The Balaban J connectivity index is 2.37. The Morgan fingerprint density at radius 1 is 0.833 bits per heavy atom. The van der Waals surface area contributed by atoms with Crippen LogP contribution in [-0.2, 0) is 0 Å². The van der Waals surface area contributed by atoms with Gasteiger partial charge in [-0.05, 0) is 12.1 Å². The monoisotopic (exact) mass is 304 g/mol. The van der Waals surface area contributed by atoms with Crippen LogP contribution in [0.1, 0.15) is 0 Å². The van der Waals surface area contributed by atoms with Gasteiger partial charge < -0.3 is 14.9 Å². The molecule has 18 heavy (non-hydrogen) atoms. The number of phenols is 2. The highest BCUT2D eigenvalue weighted by molar-refractivity contribution is 6.37. The van der Waals surface area contributed by atoms with Crippen molar-refractivity contribution in [2.45, 2.75) is 0 Å². The first-order valence-corrected chi connectivity index (χ1v) is 5.95. The van der Waals surface area contributed by atoms with Crippen molar-refractivity contribution in [3.05, 3.63) is 45.4 Å². The normalized spacial score (nSPS) is 10.4. The molecule has 0 saturated heterocycles. The molecule has 2 aromatic rings. The molecule has 0 bridgehead atoms. The number of hydrogen-bond donors (Lipinski definition) is 2. The van der Waals surface area contributed by atoms with E-state index in [9.17, 15) is 10.2 Å². The molecule has 94 valence electrons. The summed E-state index contributed by atoms with van der Waals surface area (Å²) in [4.78, 5) is 0. The topological polar surface area (TPSA) is 49.7 Å². The fourth-order valence-electron chi connectivity index (χ4n) is 1.30. The molecular formula is C12H7Cl3O3. The minimum atomic E-state index is -0.215. The quantitative estimate of drug-likeness (QED) is 0.834. The molecule has 2 aromatic carbocycles. The van der Waals surface area contributed by atoms with Crippen molar-refractivity contribution in [3.63, 3.8) is 0 Å². The average Bonchev–Trinajstić information content (AvgIpc) is 2.31. The molecule has 2 N–H and O–H groups in total. The van der Waals surface area contributed by atoms with Crippen molar-refractivity contribution in [3.8, 4) is 23.0 Å². The summed E-state index contributed by atoms with van der Waals surface area (Å²) in [5.74, 6) is 0.364. The second kappa shape index (κ2) is 5.14. The van der Waals surface area contributed by atoms with Gasteiger partial charge in [0.05, 0.1) is 15.1 Å². The van der Waals surface area contributed by atoms with Gasteiger partial charge in [0.25, 0.3) is 0 Å². The second-order valence-corrected chi connectivity index (χ2v) is 4.67. The van der Waals surface area contributed by atoms with Crippen molar-refractivity contribution >= 4 is 34.8 Å². The fraction of sp³-hybridized carbons (Fsp3) is 0. The predicted octanol–water partition coefficient (Wildman–Crippen LogP) is 4.85. The van der Waals surface area contributed by atoms with Crippen LogP contribution in [0.25, 0.3) is 0 Å². The lowest BCUT2D eigenvalue weighted by Crippen LogP contribution is -1.86. The molecule has 0 unspecified atom stereocenters. The minimum Gasteiger partial charge on any atom is -0.508 e. The van der Waals surface area contributed by atoms with Gasteiger partial charge in [0.1, 0.15) is 17.2 Å². The number of ether oxygens (including phenoxy) is 1. The third kappa shape index (κ3) is 2.75. The number of aromatic hydroxyl groups is 2. The number of rotatable bonds is 2. The third-order valence-electron chi connectivity index (χ3n) is 2.13. The van der Waals surface area contributed by atoms with Gasteiger partial charge in [0.2, 0.25) is 0 Å². The van der Waals surface area contributed by atoms with Gasteiger partial charge >= 0.3 is 0 Å². The van der Waals surface area contributed by atoms with Crippen molar-refractivity contribution in [2.75, 3.05) is 0 Å². The summed E-state index contributed by atoms with van der Waals surface area (Å²) in [5.41, 5.74) is 0. The van der Waals surface area contributed by atoms with Crippen LogP contribution in [0.15, 0.2) is 30.3 Å². The number of hydrogen-bond acceptors (Lipinski definition) is 3. The van der Waals surface area contributed by atoms with E-state index in [0.717, 1.165) is 0 Å². The summed E-state index contributed by atoms with van der Waals surface area (Å²) in [6.45, 7) is 0. The van der Waals surface area contributed by atoms with Gasteiger partial charge in [-0.15, -0.1) is 0 Å². The van der Waals surface area contributed by atoms with Crippen molar-refractivity contribution < 1.29 is 14.9 Å². The molecule has 0 aliphatic rings. The van der Waals surface area contributed by atoms with E-state index in [2.05, 4.69) is 0 Å². The summed E-state index contributed by atoms with van der Waals surface area (Å²) >= 11 is 17.4. The highest BCUT2D eigenvalue weighted by Gasteiger charge is 2.10. The summed E-state index contributed by atoms with van der Waals surface area (Å²) in [7, 11) is 0. The van der Waals surface area contributed by atoms with Gasteiger partial charge in [-0.2, -0.15) is 0 Å². The molecule has 0 atom stereocenters. The van der Waals surface area contributed by atoms with Crippen LogP contribution in [0.5, 0.6) is 23.0 Å². The van der Waals surface area contributed by atoms with Gasteiger partial charge in [-0.3, -0.25) is 0 Å². The summed E-state index contributed by atoms with van der Waals surface area (Å²) in [6, 6.07) is 7.07. The summed E-state index contributed by atoms with van der Waals surface area (Å²) < 4.78 is 5.43. The van der Waals surface area contributed by atoms with Crippen LogP contribution >= 0.6 is 34.8 Å². The molecule has 3 nitrogen and oxygen atoms in total. The van der Waals surface area contributed by atoms with Crippen LogP contribution in [-0.4, -0.2) is 10.2 Å². The standard InChI is InChI=1S/C12H7Cl3O3/c13-8-2-1-6(16)3-11(8)18-7-4-9(14)12(17)10(15)5-7/h1-5,16-17H. The highest BCUT2D eigenvalue weighted by atomic mass is 35.5. The SMILES string of the molecule is Oc1ccc(Cl)c(Oc2cc(Cl)c(O)c(Cl)c2)c1. The predicted molar refractivity (Wildman–Crippen MR) is 71.3 cm³/mol. The van der Waals surface area contributed by atoms with Crippen LogP contribution < -0.4 is 4.74 Å². The van der Waals surface area contributed by atoms with E-state index in [1.807, 2.05) is 0 Å². The Morgan fingerprint density at radius 3 is 2.06 bits per heavy atom. The van der Waals surface area contributed by atoms with Crippen LogP contribution in [0.4, 0.5) is 0 Å². The van der Waals surface area contributed by atoms with Gasteiger partial charge in [-0.1, -0.05) is 34.8 Å². The molecule has 0 aromatic heterocycles. The van der Waals surface area contributed by atoms with E-state index in [1.54, 1.807) is 0 Å². The zero-order chi connectivity index (χ0) is 13.3. The molecule has 0 aliphatic carbocycles. The first-order chi connectivity index (χ1) is 8.47. The average molecular weight is 306 g/mol. The molecule has 0 amide bonds. The first-order valence-electron chi connectivity index (χ1n) is 4.82. The van der Waals surface area contributed by atoms with Crippen molar-refractivity contribution in [2.24, 2.45) is 0 Å². The Labute approximate surface area is 118 Å². The zero-order valence-electron chi connectivity index (χ0n) is 8.82. The lowest BCUT2D eigenvalue weighted by Gasteiger charge is -2.09. The summed E-state index contributed by atoms with van der Waals surface area (Å²) in [6.07, 6.45) is 0. The maximum atomic E-state index is 9.41. The molecule has 2 rings (SSSR count). The first kappa shape index (κ1) is 13.1. The van der Waals surface area contributed by atoms with E-state index in [4.69, 9.17) is 39.5 Å². The molecule has 6 heteroatoms. The van der Waals surface area contributed by atoms with E-state index in [0.29, 0.717) is 10.8 Å². The summed E-state index contributed by atoms with van der Waals surface area (Å²) in [5, 5.41) is 19.2. The smallest absolute Gasteiger partial charge is 0.153 e. The number of halogens is 3. The number of benzene rings is 2. The second-order valence-electron chi connectivity index (χ2n) is 3.45. The van der Waals surface area contributed by atoms with Gasteiger partial charge in [-0.25, -0.2) is 0 Å². The van der Waals surface area contributed by atoms with Gasteiger partial charge in [0, 0.05) is 18.2 Å². The van der Waals surface area contributed by atoms with E-state index in [1.165, 1.54) is 30.3 Å². The lowest BCUT2D eigenvalue weighted by atomic mass is 10.3. The molecular weight excluding hydrogens is 298 g/mol. The fourth-order valence-corrected chi connectivity index (χ4v) is 1.92. The highest BCUT2D eigenvalue weighted by Crippen LogP contribution is 2.39. The molecule has 0 fully saturated rings. The molecule has 0 saturated carbocycles. The minimum absolute atomic E-state index is 0.0189. The molecule has 0 spiro atoms. The Morgan fingerprint density at radius 2 is 1.44 bits per heavy atom. The maximum absolute atomic E-state index is 9.41. The van der Waals surface area contributed by atoms with Gasteiger partial charge in [0.15, 0.2) is 5.75 Å². The van der Waals surface area contributed by atoms with E-state index in [-0.39, 0.29) is 27.3 Å². The zero-order valence-corrected chi connectivity index (χ0v) is 11.1. The van der Waals surface area contributed by atoms with Crippen LogP contribution in [0.3, 0.4) is 0 Å².